The Morgan fingerprint density at radius 3 is 2.56 bits per heavy atom. The van der Waals surface area contributed by atoms with E-state index >= 15 is 0 Å². The van der Waals surface area contributed by atoms with Crippen molar-refractivity contribution in [2.75, 3.05) is 36.5 Å². The highest BCUT2D eigenvalue weighted by atomic mass is 16.1. The molecule has 9 nitrogen and oxygen atoms in total. The highest BCUT2D eigenvalue weighted by Crippen LogP contribution is 2.24. The second kappa shape index (κ2) is 9.96. The molecule has 2 aromatic heterocycles. The third kappa shape index (κ3) is 5.20. The minimum atomic E-state index is -0.262. The maximum Gasteiger partial charge on any atom is 0.256 e. The number of benzene rings is 1. The molecule has 1 aromatic carbocycles. The summed E-state index contributed by atoms with van der Waals surface area (Å²) in [5, 5.41) is 15.0. The lowest BCUT2D eigenvalue weighted by atomic mass is 10.0. The molecule has 3 heterocycles. The van der Waals surface area contributed by atoms with E-state index in [1.54, 1.807) is 30.5 Å². The molecule has 1 unspecified atom stereocenters. The third-order valence-electron chi connectivity index (χ3n) is 5.99. The van der Waals surface area contributed by atoms with Crippen LogP contribution in [0.5, 0.6) is 0 Å². The third-order valence-corrected chi connectivity index (χ3v) is 5.99. The molecule has 0 aliphatic carbocycles. The van der Waals surface area contributed by atoms with Crippen molar-refractivity contribution >= 4 is 29.1 Å². The molecule has 0 saturated carbocycles. The van der Waals surface area contributed by atoms with Crippen LogP contribution in [-0.2, 0) is 0 Å². The van der Waals surface area contributed by atoms with Gasteiger partial charge in [-0.05, 0) is 55.8 Å². The second-order valence-electron chi connectivity index (χ2n) is 8.91. The molecule has 3 aromatic rings. The van der Waals surface area contributed by atoms with Crippen LogP contribution in [0.1, 0.15) is 53.2 Å². The van der Waals surface area contributed by atoms with Gasteiger partial charge >= 0.3 is 0 Å². The van der Waals surface area contributed by atoms with Gasteiger partial charge in [-0.1, -0.05) is 26.0 Å². The molecule has 0 bridgehead atoms. The van der Waals surface area contributed by atoms with Crippen molar-refractivity contribution < 1.29 is 4.79 Å². The molecule has 9 heteroatoms. The lowest BCUT2D eigenvalue weighted by Crippen LogP contribution is -2.26. The van der Waals surface area contributed by atoms with Gasteiger partial charge in [0.05, 0.1) is 11.3 Å². The van der Waals surface area contributed by atoms with Crippen LogP contribution >= 0.6 is 0 Å². The molecule has 1 aliphatic rings. The topological polar surface area (TPSA) is 133 Å². The van der Waals surface area contributed by atoms with E-state index in [4.69, 9.17) is 11.1 Å². The molecule has 5 N–H and O–H groups in total. The van der Waals surface area contributed by atoms with E-state index in [-0.39, 0.29) is 23.5 Å². The van der Waals surface area contributed by atoms with Crippen molar-refractivity contribution in [2.45, 2.75) is 32.2 Å². The zero-order valence-electron chi connectivity index (χ0n) is 19.7. The molecule has 1 saturated heterocycles. The summed E-state index contributed by atoms with van der Waals surface area (Å²) in [4.78, 5) is 27.6. The number of likely N-dealkylation sites (N-methyl/N-ethyl adjacent to an activating group) is 1. The second-order valence-corrected chi connectivity index (χ2v) is 8.91. The average Bonchev–Trinajstić information content (AvgIpc) is 3.23. The summed E-state index contributed by atoms with van der Waals surface area (Å²) in [6, 6.07) is 10.9. The SMILES string of the molecule is CC(C)c1ccnc(NC(=O)c2ccc(C(=N)c3c(N)ncnc3NC3CCN(C)C3)cc2)c1. The van der Waals surface area contributed by atoms with Crippen LogP contribution in [0.3, 0.4) is 0 Å². The van der Waals surface area contributed by atoms with Crippen LogP contribution in [0.25, 0.3) is 0 Å². The van der Waals surface area contributed by atoms with Crippen molar-refractivity contribution in [1.82, 2.24) is 19.9 Å². The number of hydrogen-bond donors (Lipinski definition) is 4. The van der Waals surface area contributed by atoms with Crippen LogP contribution < -0.4 is 16.4 Å². The number of aromatic nitrogens is 3. The van der Waals surface area contributed by atoms with Crippen molar-refractivity contribution in [1.29, 1.82) is 5.41 Å². The van der Waals surface area contributed by atoms with Gasteiger partial charge in [-0.3, -0.25) is 10.2 Å². The molecule has 0 radical (unpaired) electrons. The van der Waals surface area contributed by atoms with Gasteiger partial charge in [-0.25, -0.2) is 15.0 Å². The monoisotopic (exact) mass is 458 g/mol. The number of carbonyl (C=O) groups excluding carboxylic acids is 1. The van der Waals surface area contributed by atoms with Gasteiger partial charge in [0.1, 0.15) is 23.8 Å². The predicted octanol–water partition coefficient (Wildman–Crippen LogP) is 3.36. The molecular formula is C25H30N8O. The van der Waals surface area contributed by atoms with E-state index in [9.17, 15) is 4.79 Å². The molecule has 1 aliphatic heterocycles. The van der Waals surface area contributed by atoms with Crippen molar-refractivity contribution in [3.8, 4) is 0 Å². The van der Waals surface area contributed by atoms with Gasteiger partial charge in [0.15, 0.2) is 0 Å². The van der Waals surface area contributed by atoms with Gasteiger partial charge < -0.3 is 21.3 Å². The molecule has 0 spiro atoms. The normalized spacial score (nSPS) is 15.9. The first-order valence-corrected chi connectivity index (χ1v) is 11.3. The molecule has 4 rings (SSSR count). The van der Waals surface area contributed by atoms with Gasteiger partial charge in [-0.15, -0.1) is 0 Å². The quantitative estimate of drug-likeness (QED) is 0.399. The fraction of sp³-hybridized carbons (Fsp3) is 0.320. The van der Waals surface area contributed by atoms with E-state index < -0.39 is 0 Å². The highest BCUT2D eigenvalue weighted by molar-refractivity contribution is 6.16. The Labute approximate surface area is 199 Å². The van der Waals surface area contributed by atoms with Crippen molar-refractivity contribution in [3.63, 3.8) is 0 Å². The number of rotatable bonds is 7. The maximum absolute atomic E-state index is 12.7. The van der Waals surface area contributed by atoms with Crippen LogP contribution in [0.2, 0.25) is 0 Å². The number of amides is 1. The predicted molar refractivity (Wildman–Crippen MR) is 135 cm³/mol. The van der Waals surface area contributed by atoms with E-state index in [1.807, 2.05) is 12.1 Å². The number of nitrogens with zero attached hydrogens (tertiary/aromatic N) is 4. The molecule has 34 heavy (non-hydrogen) atoms. The summed E-state index contributed by atoms with van der Waals surface area (Å²) in [6.45, 7) is 6.08. The van der Waals surface area contributed by atoms with Gasteiger partial charge in [0.25, 0.3) is 5.91 Å². The number of carbonyl (C=O) groups is 1. The number of anilines is 3. The fourth-order valence-corrected chi connectivity index (χ4v) is 4.00. The van der Waals surface area contributed by atoms with E-state index in [0.717, 1.165) is 25.1 Å². The van der Waals surface area contributed by atoms with Gasteiger partial charge in [-0.2, -0.15) is 0 Å². The lowest BCUT2D eigenvalue weighted by Gasteiger charge is -2.18. The maximum atomic E-state index is 12.7. The summed E-state index contributed by atoms with van der Waals surface area (Å²) < 4.78 is 0. The molecular weight excluding hydrogens is 428 g/mol. The van der Waals surface area contributed by atoms with Crippen LogP contribution in [0, 0.1) is 5.41 Å². The Bertz CT molecular complexity index is 1190. The van der Waals surface area contributed by atoms with Gasteiger partial charge in [0.2, 0.25) is 0 Å². The molecule has 1 amide bonds. The lowest BCUT2D eigenvalue weighted by molar-refractivity contribution is 0.102. The van der Waals surface area contributed by atoms with Crippen LogP contribution in [0.15, 0.2) is 48.9 Å². The van der Waals surface area contributed by atoms with E-state index in [0.29, 0.717) is 34.2 Å². The largest absolute Gasteiger partial charge is 0.383 e. The summed E-state index contributed by atoms with van der Waals surface area (Å²) in [6.07, 6.45) is 4.09. The highest BCUT2D eigenvalue weighted by Gasteiger charge is 2.23. The average molecular weight is 459 g/mol. The Kier molecular flexibility index (Phi) is 6.83. The van der Waals surface area contributed by atoms with Crippen LogP contribution in [0.4, 0.5) is 17.5 Å². The van der Waals surface area contributed by atoms with Gasteiger partial charge in [0, 0.05) is 29.9 Å². The van der Waals surface area contributed by atoms with E-state index in [1.165, 1.54) is 6.33 Å². The Balaban J connectivity index is 1.50. The first kappa shape index (κ1) is 23.3. The summed E-state index contributed by atoms with van der Waals surface area (Å²) in [5.74, 6) is 1.38. The number of likely N-dealkylation sites (tertiary alicyclic amines) is 1. The van der Waals surface area contributed by atoms with Crippen LogP contribution in [-0.4, -0.2) is 57.6 Å². The minimum absolute atomic E-state index is 0.199. The first-order valence-electron chi connectivity index (χ1n) is 11.3. The summed E-state index contributed by atoms with van der Waals surface area (Å²) >= 11 is 0. The smallest absolute Gasteiger partial charge is 0.256 e. The summed E-state index contributed by atoms with van der Waals surface area (Å²) in [7, 11) is 2.08. The standard InChI is InChI=1S/C25H30N8O/c1-15(2)18-8-10-28-20(12-18)32-25(34)17-6-4-16(5-7-17)22(26)21-23(27)29-14-30-24(21)31-19-9-11-33(3)13-19/h4-8,10,12,14-15,19,26H,9,11,13H2,1-3H3,(H,28,32,34)(H3,27,29,30,31). The Hall–Kier alpha value is -3.85. The number of pyridine rings is 1. The molecule has 1 atom stereocenters. The van der Waals surface area contributed by atoms with E-state index in [2.05, 4.69) is 51.4 Å². The zero-order valence-corrected chi connectivity index (χ0v) is 19.7. The Morgan fingerprint density at radius 2 is 1.88 bits per heavy atom. The van der Waals surface area contributed by atoms with Crippen molar-refractivity contribution in [2.24, 2.45) is 0 Å². The molecule has 1 fully saturated rings. The number of nitrogens with one attached hydrogen (secondary N) is 3. The fourth-order valence-electron chi connectivity index (χ4n) is 4.00. The minimum Gasteiger partial charge on any atom is -0.383 e. The number of hydrogen-bond acceptors (Lipinski definition) is 8. The number of nitrogens with two attached hydrogens (primary N) is 1. The first-order chi connectivity index (χ1) is 16.3. The molecule has 176 valence electrons. The zero-order chi connectivity index (χ0) is 24.2. The summed E-state index contributed by atoms with van der Waals surface area (Å²) in [5.41, 5.74) is 8.99. The Morgan fingerprint density at radius 1 is 1.15 bits per heavy atom. The van der Waals surface area contributed by atoms with Crippen molar-refractivity contribution in [3.05, 3.63) is 71.2 Å². The number of nitrogen functional groups attached to an aromatic ring is 1.